The molecule has 6 nitrogen and oxygen atoms in total. The third kappa shape index (κ3) is 2.23. The van der Waals surface area contributed by atoms with Gasteiger partial charge in [0.25, 0.3) is 0 Å². The summed E-state index contributed by atoms with van der Waals surface area (Å²) in [7, 11) is 0. The third-order valence-corrected chi connectivity index (χ3v) is 5.17. The van der Waals surface area contributed by atoms with Gasteiger partial charge in [0.2, 0.25) is 5.82 Å². The Morgan fingerprint density at radius 2 is 1.85 bits per heavy atom. The predicted octanol–water partition coefficient (Wildman–Crippen LogP) is 4.56. The lowest BCUT2D eigenvalue weighted by Gasteiger charge is -2.12. The van der Waals surface area contributed by atoms with Gasteiger partial charge in [0, 0.05) is 5.69 Å². The van der Waals surface area contributed by atoms with E-state index >= 15 is 0 Å². The number of fused-ring (bicyclic) bond motifs is 3. The molecule has 0 radical (unpaired) electrons. The summed E-state index contributed by atoms with van der Waals surface area (Å²) in [6.45, 7) is 8.47. The normalized spacial score (nSPS) is 11.7. The standard InChI is InChI=1S/C21H19N5O/c1-12-7-8-16(13(2)10-12)26-15(4)14(3)18-20(26)22-11-25-21(18)23-19(24-25)17-6-5-9-27-17/h5-11H,1-4H3. The van der Waals surface area contributed by atoms with Crippen molar-refractivity contribution in [3.8, 4) is 17.3 Å². The van der Waals surface area contributed by atoms with Crippen molar-refractivity contribution in [2.24, 2.45) is 0 Å². The van der Waals surface area contributed by atoms with Gasteiger partial charge in [-0.05, 0) is 57.0 Å². The van der Waals surface area contributed by atoms with E-state index < -0.39 is 0 Å². The Balaban J connectivity index is 1.84. The van der Waals surface area contributed by atoms with E-state index in [-0.39, 0.29) is 0 Å². The highest BCUT2D eigenvalue weighted by atomic mass is 16.3. The van der Waals surface area contributed by atoms with Crippen LogP contribution in [-0.4, -0.2) is 24.1 Å². The minimum absolute atomic E-state index is 0.561. The second-order valence-corrected chi connectivity index (χ2v) is 6.96. The van der Waals surface area contributed by atoms with Gasteiger partial charge < -0.3 is 4.42 Å². The van der Waals surface area contributed by atoms with Crippen LogP contribution in [0.3, 0.4) is 0 Å². The Morgan fingerprint density at radius 1 is 1.00 bits per heavy atom. The topological polar surface area (TPSA) is 61.2 Å². The summed E-state index contributed by atoms with van der Waals surface area (Å²) in [6, 6.07) is 10.2. The second-order valence-electron chi connectivity index (χ2n) is 6.96. The molecule has 134 valence electrons. The van der Waals surface area contributed by atoms with Crippen LogP contribution in [0.5, 0.6) is 0 Å². The fourth-order valence-electron chi connectivity index (χ4n) is 3.72. The Morgan fingerprint density at radius 3 is 2.59 bits per heavy atom. The number of aromatic nitrogens is 5. The van der Waals surface area contributed by atoms with Gasteiger partial charge in [-0.1, -0.05) is 17.7 Å². The maximum absolute atomic E-state index is 5.45. The van der Waals surface area contributed by atoms with Gasteiger partial charge in [-0.2, -0.15) is 0 Å². The van der Waals surface area contributed by atoms with Crippen LogP contribution in [0.1, 0.15) is 22.4 Å². The second kappa shape index (κ2) is 5.54. The molecule has 27 heavy (non-hydrogen) atoms. The van der Waals surface area contributed by atoms with E-state index in [0.29, 0.717) is 11.6 Å². The smallest absolute Gasteiger partial charge is 0.217 e. The van der Waals surface area contributed by atoms with Crippen LogP contribution in [-0.2, 0) is 0 Å². The first-order valence-corrected chi connectivity index (χ1v) is 8.89. The van der Waals surface area contributed by atoms with Crippen molar-refractivity contribution in [2.45, 2.75) is 27.7 Å². The van der Waals surface area contributed by atoms with Gasteiger partial charge in [-0.3, -0.25) is 4.57 Å². The van der Waals surface area contributed by atoms with E-state index in [1.807, 2.05) is 12.1 Å². The molecule has 0 bridgehead atoms. The molecule has 1 aromatic carbocycles. The van der Waals surface area contributed by atoms with Gasteiger partial charge in [0.05, 0.1) is 17.3 Å². The fourth-order valence-corrected chi connectivity index (χ4v) is 3.72. The Bertz CT molecular complexity index is 1310. The monoisotopic (exact) mass is 357 g/mol. The van der Waals surface area contributed by atoms with Crippen LogP contribution in [0, 0.1) is 27.7 Å². The van der Waals surface area contributed by atoms with Crippen LogP contribution in [0.2, 0.25) is 0 Å². The molecule has 4 aromatic heterocycles. The third-order valence-electron chi connectivity index (χ3n) is 5.17. The zero-order chi connectivity index (χ0) is 18.7. The van der Waals surface area contributed by atoms with Gasteiger partial charge in [-0.15, -0.1) is 5.10 Å². The highest BCUT2D eigenvalue weighted by Crippen LogP contribution is 2.31. The number of aryl methyl sites for hydroxylation is 3. The molecular formula is C21H19N5O. The van der Waals surface area contributed by atoms with E-state index in [9.17, 15) is 0 Å². The summed E-state index contributed by atoms with van der Waals surface area (Å²) in [5.41, 5.74) is 7.59. The molecule has 0 aliphatic rings. The highest BCUT2D eigenvalue weighted by molar-refractivity contribution is 5.95. The van der Waals surface area contributed by atoms with E-state index in [1.165, 1.54) is 11.1 Å². The van der Waals surface area contributed by atoms with Crippen molar-refractivity contribution < 1.29 is 4.42 Å². The summed E-state index contributed by atoms with van der Waals surface area (Å²) in [4.78, 5) is 9.45. The van der Waals surface area contributed by atoms with E-state index in [2.05, 4.69) is 55.6 Å². The van der Waals surface area contributed by atoms with Gasteiger partial charge >= 0.3 is 0 Å². The molecule has 4 heterocycles. The highest BCUT2D eigenvalue weighted by Gasteiger charge is 2.20. The Hall–Kier alpha value is -3.41. The molecule has 0 saturated carbocycles. The lowest BCUT2D eigenvalue weighted by Crippen LogP contribution is -2.01. The molecule has 0 amide bonds. The largest absolute Gasteiger partial charge is 0.461 e. The van der Waals surface area contributed by atoms with Crippen LogP contribution in [0.4, 0.5) is 0 Å². The fraction of sp³-hybridized carbons (Fsp3) is 0.190. The average Bonchev–Trinajstić information content (AvgIpc) is 3.35. The average molecular weight is 357 g/mol. The van der Waals surface area contributed by atoms with Crippen molar-refractivity contribution in [2.75, 3.05) is 0 Å². The van der Waals surface area contributed by atoms with Crippen molar-refractivity contribution in [1.29, 1.82) is 0 Å². The minimum Gasteiger partial charge on any atom is -0.461 e. The first kappa shape index (κ1) is 15.8. The molecule has 5 aromatic rings. The summed E-state index contributed by atoms with van der Waals surface area (Å²) >= 11 is 0. The number of hydrogen-bond donors (Lipinski definition) is 0. The summed E-state index contributed by atoms with van der Waals surface area (Å²) in [5, 5.41) is 5.54. The zero-order valence-corrected chi connectivity index (χ0v) is 15.7. The first-order chi connectivity index (χ1) is 13.0. The van der Waals surface area contributed by atoms with E-state index in [0.717, 1.165) is 33.6 Å². The van der Waals surface area contributed by atoms with E-state index in [1.54, 1.807) is 17.1 Å². The maximum Gasteiger partial charge on any atom is 0.217 e. The van der Waals surface area contributed by atoms with Gasteiger partial charge in [-0.25, -0.2) is 14.5 Å². The van der Waals surface area contributed by atoms with Crippen molar-refractivity contribution in [3.05, 3.63) is 65.3 Å². The summed E-state index contributed by atoms with van der Waals surface area (Å²) in [5.74, 6) is 1.21. The predicted molar refractivity (Wildman–Crippen MR) is 104 cm³/mol. The first-order valence-electron chi connectivity index (χ1n) is 8.89. The molecule has 0 N–H and O–H groups in total. The molecule has 0 fully saturated rings. The zero-order valence-electron chi connectivity index (χ0n) is 15.7. The number of rotatable bonds is 2. The summed E-state index contributed by atoms with van der Waals surface area (Å²) in [6.07, 6.45) is 3.34. The Labute approximate surface area is 156 Å². The van der Waals surface area contributed by atoms with Crippen molar-refractivity contribution in [1.82, 2.24) is 24.1 Å². The molecule has 0 aliphatic heterocycles. The van der Waals surface area contributed by atoms with Crippen LogP contribution >= 0.6 is 0 Å². The number of furan rings is 1. The van der Waals surface area contributed by atoms with Crippen LogP contribution < -0.4 is 0 Å². The molecule has 0 atom stereocenters. The molecule has 0 unspecified atom stereocenters. The van der Waals surface area contributed by atoms with E-state index in [4.69, 9.17) is 14.4 Å². The molecule has 0 spiro atoms. The van der Waals surface area contributed by atoms with Crippen LogP contribution in [0.15, 0.2) is 47.3 Å². The number of hydrogen-bond acceptors (Lipinski definition) is 4. The molecule has 0 aliphatic carbocycles. The quantitative estimate of drug-likeness (QED) is 0.465. The van der Waals surface area contributed by atoms with Gasteiger partial charge in [0.15, 0.2) is 17.1 Å². The maximum atomic E-state index is 5.45. The van der Waals surface area contributed by atoms with Crippen LogP contribution in [0.25, 0.3) is 34.0 Å². The lowest BCUT2D eigenvalue weighted by atomic mass is 10.1. The SMILES string of the molecule is Cc1ccc(-n2c(C)c(C)c3c2ncn2nc(-c4ccco4)nc32)c(C)c1. The lowest BCUT2D eigenvalue weighted by molar-refractivity contribution is 0.577. The van der Waals surface area contributed by atoms with Crippen molar-refractivity contribution >= 4 is 16.7 Å². The van der Waals surface area contributed by atoms with Crippen molar-refractivity contribution in [3.63, 3.8) is 0 Å². The molecule has 0 saturated heterocycles. The summed E-state index contributed by atoms with van der Waals surface area (Å²) < 4.78 is 9.38. The molecular weight excluding hydrogens is 338 g/mol. The van der Waals surface area contributed by atoms with Gasteiger partial charge in [0.1, 0.15) is 6.33 Å². The minimum atomic E-state index is 0.561. The number of benzene rings is 1. The molecule has 6 heteroatoms. The Kier molecular flexibility index (Phi) is 3.25. The number of nitrogens with zero attached hydrogens (tertiary/aromatic N) is 5. The molecule has 5 rings (SSSR count).